The molecule has 1 atom stereocenters. The van der Waals surface area contributed by atoms with E-state index in [1.165, 1.54) is 16.5 Å². The number of amides is 2. The lowest BCUT2D eigenvalue weighted by Gasteiger charge is -2.38. The van der Waals surface area contributed by atoms with Gasteiger partial charge in [0.05, 0.1) is 6.04 Å². The Kier molecular flexibility index (Phi) is 6.79. The van der Waals surface area contributed by atoms with Crippen molar-refractivity contribution in [2.24, 2.45) is 5.92 Å². The second-order valence-electron chi connectivity index (χ2n) is 9.48. The third-order valence-corrected chi connectivity index (χ3v) is 8.49. The molecule has 0 bridgehead atoms. The predicted molar refractivity (Wildman–Crippen MR) is 128 cm³/mol. The van der Waals surface area contributed by atoms with Crippen molar-refractivity contribution >= 4 is 23.2 Å². The first-order valence-corrected chi connectivity index (χ1v) is 13.1. The van der Waals surface area contributed by atoms with Crippen LogP contribution >= 0.6 is 11.3 Å². The molecule has 33 heavy (non-hydrogen) atoms. The summed E-state index contributed by atoms with van der Waals surface area (Å²) in [6, 6.07) is 8.98. The van der Waals surface area contributed by atoms with Gasteiger partial charge in [-0.3, -0.25) is 14.5 Å². The Bertz CT molecular complexity index is 995. The normalized spacial score (nSPS) is 21.9. The van der Waals surface area contributed by atoms with E-state index < -0.39 is 0 Å². The highest BCUT2D eigenvalue weighted by atomic mass is 32.1. The van der Waals surface area contributed by atoms with E-state index in [-0.39, 0.29) is 29.6 Å². The molecule has 2 fully saturated rings. The minimum absolute atomic E-state index is 0.00983. The molecule has 0 N–H and O–H groups in total. The van der Waals surface area contributed by atoms with E-state index in [1.807, 2.05) is 15.9 Å². The topological polar surface area (TPSA) is 43.9 Å². The molecular weight excluding hydrogens is 437 g/mol. The summed E-state index contributed by atoms with van der Waals surface area (Å²) in [5.41, 5.74) is 2.18. The van der Waals surface area contributed by atoms with E-state index in [4.69, 9.17) is 0 Å². The number of rotatable bonds is 5. The monoisotopic (exact) mass is 469 g/mol. The highest BCUT2D eigenvalue weighted by Crippen LogP contribution is 2.38. The Labute approximate surface area is 199 Å². The fourth-order valence-electron chi connectivity index (χ4n) is 5.68. The Balaban J connectivity index is 1.19. The molecule has 2 aromatic rings. The third-order valence-electron chi connectivity index (χ3n) is 7.49. The molecule has 5 nitrogen and oxygen atoms in total. The predicted octanol–water partition coefficient (Wildman–Crippen LogP) is 4.09. The van der Waals surface area contributed by atoms with E-state index in [9.17, 15) is 14.0 Å². The SMILES string of the molecule is O=C(CCN1CCc2sccc2C1c1cccc(F)c1)N1CCN(C(=O)C2CCCC2)CC1. The molecule has 176 valence electrons. The average Bonchev–Trinajstić information content (AvgIpc) is 3.54. The molecule has 0 spiro atoms. The van der Waals surface area contributed by atoms with Crippen LogP contribution in [-0.2, 0) is 16.0 Å². The first-order chi connectivity index (χ1) is 16.1. The lowest BCUT2D eigenvalue weighted by Crippen LogP contribution is -2.52. The smallest absolute Gasteiger partial charge is 0.225 e. The zero-order chi connectivity index (χ0) is 22.8. The first-order valence-electron chi connectivity index (χ1n) is 12.2. The maximum Gasteiger partial charge on any atom is 0.225 e. The van der Waals surface area contributed by atoms with Crippen LogP contribution in [0.3, 0.4) is 0 Å². The maximum absolute atomic E-state index is 14.0. The average molecular weight is 470 g/mol. The molecule has 2 aliphatic heterocycles. The van der Waals surface area contributed by atoms with E-state index >= 15 is 0 Å². The number of hydrogen-bond acceptors (Lipinski definition) is 4. The van der Waals surface area contributed by atoms with Crippen LogP contribution in [0.1, 0.15) is 54.1 Å². The molecule has 5 rings (SSSR count). The van der Waals surface area contributed by atoms with E-state index in [2.05, 4.69) is 16.3 Å². The quantitative estimate of drug-likeness (QED) is 0.663. The van der Waals surface area contributed by atoms with Crippen LogP contribution < -0.4 is 0 Å². The van der Waals surface area contributed by atoms with Gasteiger partial charge in [-0.1, -0.05) is 25.0 Å². The fraction of sp³-hybridized carbons (Fsp3) is 0.538. The maximum atomic E-state index is 14.0. The minimum Gasteiger partial charge on any atom is -0.339 e. The summed E-state index contributed by atoms with van der Waals surface area (Å²) in [6.45, 7) is 4.06. The van der Waals surface area contributed by atoms with Gasteiger partial charge in [0.25, 0.3) is 0 Å². The van der Waals surface area contributed by atoms with Gasteiger partial charge in [0, 0.05) is 56.5 Å². The summed E-state index contributed by atoms with van der Waals surface area (Å²) in [4.78, 5) is 33.2. The van der Waals surface area contributed by atoms with Crippen molar-refractivity contribution in [2.45, 2.75) is 44.6 Å². The summed E-state index contributed by atoms with van der Waals surface area (Å²) in [6.07, 6.45) is 5.78. The minimum atomic E-state index is -0.226. The van der Waals surface area contributed by atoms with Gasteiger partial charge in [0.15, 0.2) is 0 Å². The molecule has 1 aromatic heterocycles. The lowest BCUT2D eigenvalue weighted by atomic mass is 9.93. The number of fused-ring (bicyclic) bond motifs is 1. The molecule has 1 saturated carbocycles. The molecule has 1 aromatic carbocycles. The second-order valence-corrected chi connectivity index (χ2v) is 10.5. The number of nitrogens with zero attached hydrogens (tertiary/aromatic N) is 3. The van der Waals surface area contributed by atoms with Crippen LogP contribution in [0.4, 0.5) is 4.39 Å². The highest BCUT2D eigenvalue weighted by Gasteiger charge is 2.32. The highest BCUT2D eigenvalue weighted by molar-refractivity contribution is 7.10. The summed E-state index contributed by atoms with van der Waals surface area (Å²) < 4.78 is 14.0. The zero-order valence-corrected chi connectivity index (χ0v) is 19.9. The van der Waals surface area contributed by atoms with Crippen molar-refractivity contribution < 1.29 is 14.0 Å². The van der Waals surface area contributed by atoms with Crippen molar-refractivity contribution in [3.8, 4) is 0 Å². The molecule has 3 aliphatic rings. The Hall–Kier alpha value is -2.25. The number of benzene rings is 1. The van der Waals surface area contributed by atoms with E-state index in [1.54, 1.807) is 23.5 Å². The van der Waals surface area contributed by atoms with Gasteiger partial charge in [-0.05, 0) is 54.0 Å². The number of carbonyl (C=O) groups excluding carboxylic acids is 2. The van der Waals surface area contributed by atoms with Gasteiger partial charge in [0.1, 0.15) is 5.82 Å². The molecular formula is C26H32FN3O2S. The molecule has 0 radical (unpaired) electrons. The summed E-state index contributed by atoms with van der Waals surface area (Å²) in [7, 11) is 0. The number of thiophene rings is 1. The van der Waals surface area contributed by atoms with Gasteiger partial charge < -0.3 is 9.80 Å². The summed E-state index contributed by atoms with van der Waals surface area (Å²) in [5, 5.41) is 2.11. The van der Waals surface area contributed by atoms with Gasteiger partial charge in [-0.2, -0.15) is 0 Å². The third kappa shape index (κ3) is 4.85. The Morgan fingerprint density at radius 1 is 1.00 bits per heavy atom. The molecule has 3 heterocycles. The van der Waals surface area contributed by atoms with Gasteiger partial charge in [-0.25, -0.2) is 4.39 Å². The number of halogens is 1. The van der Waals surface area contributed by atoms with Crippen LogP contribution in [0.15, 0.2) is 35.7 Å². The molecule has 2 amide bonds. The first kappa shape index (κ1) is 22.5. The Morgan fingerprint density at radius 3 is 2.52 bits per heavy atom. The molecule has 1 saturated heterocycles. The van der Waals surface area contributed by atoms with Crippen molar-refractivity contribution in [3.63, 3.8) is 0 Å². The second kappa shape index (κ2) is 9.94. The van der Waals surface area contributed by atoms with Gasteiger partial charge in [0.2, 0.25) is 11.8 Å². The number of carbonyl (C=O) groups is 2. The van der Waals surface area contributed by atoms with Crippen LogP contribution in [0, 0.1) is 11.7 Å². The Morgan fingerprint density at radius 2 is 1.76 bits per heavy atom. The fourth-order valence-corrected chi connectivity index (χ4v) is 6.58. The summed E-state index contributed by atoms with van der Waals surface area (Å²) in [5.74, 6) is 0.415. The standard InChI is InChI=1S/C26H32FN3O2S/c27-21-7-3-6-20(18-21)25-22-10-17-33-23(22)8-11-29(25)12-9-24(31)28-13-15-30(16-14-28)26(32)19-4-1-2-5-19/h3,6-7,10,17-19,25H,1-2,4-5,8-9,11-16H2. The zero-order valence-electron chi connectivity index (χ0n) is 19.0. The van der Waals surface area contributed by atoms with Crippen LogP contribution in [0.25, 0.3) is 0 Å². The largest absolute Gasteiger partial charge is 0.339 e. The van der Waals surface area contributed by atoms with Crippen LogP contribution in [0.5, 0.6) is 0 Å². The molecule has 7 heteroatoms. The molecule has 1 aliphatic carbocycles. The van der Waals surface area contributed by atoms with Gasteiger partial charge >= 0.3 is 0 Å². The number of hydrogen-bond donors (Lipinski definition) is 0. The van der Waals surface area contributed by atoms with Crippen molar-refractivity contribution in [2.75, 3.05) is 39.3 Å². The van der Waals surface area contributed by atoms with Crippen LogP contribution in [-0.4, -0.2) is 65.8 Å². The van der Waals surface area contributed by atoms with Crippen molar-refractivity contribution in [3.05, 3.63) is 57.5 Å². The van der Waals surface area contributed by atoms with Crippen molar-refractivity contribution in [1.29, 1.82) is 0 Å². The molecule has 1 unspecified atom stereocenters. The van der Waals surface area contributed by atoms with Crippen LogP contribution in [0.2, 0.25) is 0 Å². The van der Waals surface area contributed by atoms with E-state index in [0.717, 1.165) is 44.2 Å². The lowest BCUT2D eigenvalue weighted by molar-refractivity contribution is -0.142. The van der Waals surface area contributed by atoms with Crippen molar-refractivity contribution in [1.82, 2.24) is 14.7 Å². The van der Waals surface area contributed by atoms with E-state index in [0.29, 0.717) is 39.1 Å². The summed E-state index contributed by atoms with van der Waals surface area (Å²) >= 11 is 1.76. The van der Waals surface area contributed by atoms with Gasteiger partial charge in [-0.15, -0.1) is 11.3 Å². The number of piperazine rings is 1.